The van der Waals surface area contributed by atoms with Crippen molar-refractivity contribution in [2.45, 2.75) is 0 Å². The number of nitrogens with zero attached hydrogens (tertiary/aromatic N) is 2. The second kappa shape index (κ2) is 5.69. The van der Waals surface area contributed by atoms with Crippen LogP contribution in [0.15, 0.2) is 30.5 Å². The first-order valence-electron chi connectivity index (χ1n) is 6.02. The van der Waals surface area contributed by atoms with Crippen LogP contribution >= 0.6 is 0 Å². The zero-order chi connectivity index (χ0) is 13.0. The number of hydrogen-bond donors (Lipinski definition) is 1. The average molecular weight is 245 g/mol. The van der Waals surface area contributed by atoms with Crippen LogP contribution in [0.4, 0.5) is 5.82 Å². The van der Waals surface area contributed by atoms with Crippen LogP contribution in [0.5, 0.6) is 5.75 Å². The van der Waals surface area contributed by atoms with Crippen LogP contribution in [0, 0.1) is 0 Å². The zero-order valence-corrected chi connectivity index (χ0v) is 11.1. The molecule has 4 heteroatoms. The predicted molar refractivity (Wildman–Crippen MR) is 75.3 cm³/mol. The third-order valence-electron chi connectivity index (χ3n) is 2.84. The summed E-state index contributed by atoms with van der Waals surface area (Å²) in [5, 5.41) is 5.54. The predicted octanol–water partition coefficient (Wildman–Crippen LogP) is 2.22. The maximum absolute atomic E-state index is 5.36. The van der Waals surface area contributed by atoms with Crippen LogP contribution in [-0.4, -0.2) is 44.2 Å². The van der Waals surface area contributed by atoms with Crippen LogP contribution in [0.3, 0.4) is 0 Å². The maximum atomic E-state index is 5.36. The van der Waals surface area contributed by atoms with Crippen molar-refractivity contribution in [3.05, 3.63) is 30.5 Å². The molecule has 0 amide bonds. The number of nitrogens with one attached hydrogen (secondary N) is 1. The molecule has 0 radical (unpaired) electrons. The minimum atomic E-state index is 0.871. The second-order valence-corrected chi connectivity index (χ2v) is 4.45. The van der Waals surface area contributed by atoms with Gasteiger partial charge in [-0.05, 0) is 26.2 Å². The number of fused-ring (bicyclic) bond motifs is 1. The van der Waals surface area contributed by atoms with E-state index in [2.05, 4.69) is 35.4 Å². The topological polar surface area (TPSA) is 37.4 Å². The van der Waals surface area contributed by atoms with E-state index < -0.39 is 0 Å². The third-order valence-corrected chi connectivity index (χ3v) is 2.84. The first kappa shape index (κ1) is 12.6. The fourth-order valence-corrected chi connectivity index (χ4v) is 1.90. The van der Waals surface area contributed by atoms with Crippen molar-refractivity contribution in [3.63, 3.8) is 0 Å². The summed E-state index contributed by atoms with van der Waals surface area (Å²) >= 11 is 0. The molecule has 0 aliphatic rings. The summed E-state index contributed by atoms with van der Waals surface area (Å²) in [6.07, 6.45) is 1.81. The molecule has 0 bridgehead atoms. The van der Waals surface area contributed by atoms with Gasteiger partial charge in [-0.1, -0.05) is 12.1 Å². The lowest BCUT2D eigenvalue weighted by Crippen LogP contribution is -2.21. The molecule has 0 fully saturated rings. The van der Waals surface area contributed by atoms with Crippen molar-refractivity contribution in [2.75, 3.05) is 39.6 Å². The molecule has 0 saturated carbocycles. The molecule has 0 saturated heterocycles. The average Bonchev–Trinajstić information content (AvgIpc) is 2.38. The Morgan fingerprint density at radius 1 is 1.22 bits per heavy atom. The molecule has 18 heavy (non-hydrogen) atoms. The standard InChI is InChI=1S/C14H19N3O/c1-17(2)10-9-16-14-12-5-4-6-13(18-3)11(12)7-8-15-14/h4-8H,9-10H2,1-3H3,(H,15,16). The summed E-state index contributed by atoms with van der Waals surface area (Å²) in [6.45, 7) is 1.85. The van der Waals surface area contributed by atoms with E-state index in [0.29, 0.717) is 0 Å². The monoisotopic (exact) mass is 245 g/mol. The first-order chi connectivity index (χ1) is 8.72. The molecule has 2 aromatic rings. The Hall–Kier alpha value is -1.81. The molecular formula is C14H19N3O. The summed E-state index contributed by atoms with van der Waals surface area (Å²) in [5.41, 5.74) is 0. The van der Waals surface area contributed by atoms with E-state index in [9.17, 15) is 0 Å². The smallest absolute Gasteiger partial charge is 0.133 e. The van der Waals surface area contributed by atoms with Crippen molar-refractivity contribution in [1.82, 2.24) is 9.88 Å². The molecule has 0 aliphatic heterocycles. The molecule has 1 aromatic heterocycles. The van der Waals surface area contributed by atoms with Crippen molar-refractivity contribution < 1.29 is 4.74 Å². The van der Waals surface area contributed by atoms with Crippen LogP contribution in [0.1, 0.15) is 0 Å². The Bertz CT molecular complexity index is 525. The van der Waals surface area contributed by atoms with Gasteiger partial charge in [-0.15, -0.1) is 0 Å². The number of pyridine rings is 1. The van der Waals surface area contributed by atoms with Crippen LogP contribution < -0.4 is 10.1 Å². The van der Waals surface area contributed by atoms with E-state index in [1.807, 2.05) is 24.4 Å². The molecule has 0 spiro atoms. The number of aromatic nitrogens is 1. The van der Waals surface area contributed by atoms with Crippen molar-refractivity contribution in [2.24, 2.45) is 0 Å². The van der Waals surface area contributed by atoms with Gasteiger partial charge < -0.3 is 15.0 Å². The largest absolute Gasteiger partial charge is 0.496 e. The number of benzene rings is 1. The lowest BCUT2D eigenvalue weighted by molar-refractivity contribution is 0.420. The fraction of sp³-hybridized carbons (Fsp3) is 0.357. The number of rotatable bonds is 5. The molecule has 96 valence electrons. The third kappa shape index (κ3) is 2.71. The van der Waals surface area contributed by atoms with E-state index >= 15 is 0 Å². The van der Waals surface area contributed by atoms with Gasteiger partial charge in [-0.3, -0.25) is 0 Å². The second-order valence-electron chi connectivity index (χ2n) is 4.45. The molecule has 0 unspecified atom stereocenters. The molecule has 2 rings (SSSR count). The van der Waals surface area contributed by atoms with E-state index in [0.717, 1.165) is 35.4 Å². The number of anilines is 1. The summed E-state index contributed by atoms with van der Waals surface area (Å²) < 4.78 is 5.36. The minimum Gasteiger partial charge on any atom is -0.496 e. The molecule has 1 N–H and O–H groups in total. The first-order valence-corrected chi connectivity index (χ1v) is 6.02. The van der Waals surface area contributed by atoms with Crippen LogP contribution in [0.2, 0.25) is 0 Å². The van der Waals surface area contributed by atoms with Gasteiger partial charge in [0.05, 0.1) is 7.11 Å². The molecule has 0 atom stereocenters. The highest BCUT2D eigenvalue weighted by Crippen LogP contribution is 2.28. The van der Waals surface area contributed by atoms with Gasteiger partial charge in [0.2, 0.25) is 0 Å². The van der Waals surface area contributed by atoms with Gasteiger partial charge in [0.1, 0.15) is 11.6 Å². The van der Waals surface area contributed by atoms with Crippen LogP contribution in [0.25, 0.3) is 10.8 Å². The normalized spacial score (nSPS) is 10.9. The molecule has 1 aromatic carbocycles. The lowest BCUT2D eigenvalue weighted by atomic mass is 10.1. The minimum absolute atomic E-state index is 0.871. The maximum Gasteiger partial charge on any atom is 0.133 e. The van der Waals surface area contributed by atoms with Crippen LogP contribution in [-0.2, 0) is 0 Å². The van der Waals surface area contributed by atoms with E-state index in [1.54, 1.807) is 7.11 Å². The molecule has 0 aliphatic carbocycles. The number of ether oxygens (including phenoxy) is 1. The highest BCUT2D eigenvalue weighted by Gasteiger charge is 2.05. The van der Waals surface area contributed by atoms with Crippen molar-refractivity contribution in [1.29, 1.82) is 0 Å². The molecular weight excluding hydrogens is 226 g/mol. The summed E-state index contributed by atoms with van der Waals surface area (Å²) in [5.74, 6) is 1.79. The van der Waals surface area contributed by atoms with Crippen molar-refractivity contribution >= 4 is 16.6 Å². The van der Waals surface area contributed by atoms with E-state index in [4.69, 9.17) is 4.74 Å². The van der Waals surface area contributed by atoms with Gasteiger partial charge >= 0.3 is 0 Å². The summed E-state index contributed by atoms with van der Waals surface area (Å²) in [7, 11) is 5.80. The van der Waals surface area contributed by atoms with Gasteiger partial charge in [0.25, 0.3) is 0 Å². The quantitative estimate of drug-likeness (QED) is 0.876. The molecule has 4 nitrogen and oxygen atoms in total. The Morgan fingerprint density at radius 3 is 2.78 bits per heavy atom. The highest BCUT2D eigenvalue weighted by molar-refractivity contribution is 5.95. The Labute approximate surface area is 108 Å². The summed E-state index contributed by atoms with van der Waals surface area (Å²) in [4.78, 5) is 6.53. The highest BCUT2D eigenvalue weighted by atomic mass is 16.5. The fourth-order valence-electron chi connectivity index (χ4n) is 1.90. The van der Waals surface area contributed by atoms with E-state index in [-0.39, 0.29) is 0 Å². The molecule has 1 heterocycles. The lowest BCUT2D eigenvalue weighted by Gasteiger charge is -2.13. The van der Waals surface area contributed by atoms with E-state index in [1.165, 1.54) is 0 Å². The Morgan fingerprint density at radius 2 is 2.06 bits per heavy atom. The van der Waals surface area contributed by atoms with Gasteiger partial charge in [-0.2, -0.15) is 0 Å². The van der Waals surface area contributed by atoms with Crippen molar-refractivity contribution in [3.8, 4) is 5.75 Å². The Kier molecular flexibility index (Phi) is 3.99. The number of hydrogen-bond acceptors (Lipinski definition) is 4. The van der Waals surface area contributed by atoms with Gasteiger partial charge in [0.15, 0.2) is 0 Å². The number of likely N-dealkylation sites (N-methyl/N-ethyl adjacent to an activating group) is 1. The Balaban J connectivity index is 2.28. The summed E-state index contributed by atoms with van der Waals surface area (Å²) in [6, 6.07) is 7.99. The SMILES string of the molecule is COc1cccc2c(NCCN(C)C)nccc12. The van der Waals surface area contributed by atoms with Gasteiger partial charge in [-0.25, -0.2) is 4.98 Å². The zero-order valence-electron chi connectivity index (χ0n) is 11.1. The number of methoxy groups -OCH3 is 1. The van der Waals surface area contributed by atoms with Gasteiger partial charge in [0, 0.05) is 30.1 Å².